The highest BCUT2D eigenvalue weighted by atomic mass is 35.5. The van der Waals surface area contributed by atoms with E-state index >= 15 is 0 Å². The third kappa shape index (κ3) is 4.36. The van der Waals surface area contributed by atoms with Crippen LogP contribution in [0.4, 0.5) is 13.2 Å². The van der Waals surface area contributed by atoms with Crippen molar-refractivity contribution in [1.82, 2.24) is 15.1 Å². The molecule has 0 spiro atoms. The summed E-state index contributed by atoms with van der Waals surface area (Å²) < 4.78 is 46.7. The number of rotatable bonds is 6. The van der Waals surface area contributed by atoms with Crippen LogP contribution >= 0.6 is 11.6 Å². The van der Waals surface area contributed by atoms with Gasteiger partial charge in [-0.25, -0.2) is 0 Å². The number of carbonyl (C=O) groups excluding carboxylic acids is 1. The summed E-state index contributed by atoms with van der Waals surface area (Å²) in [6.45, 7) is 1.64. The van der Waals surface area contributed by atoms with Crippen LogP contribution in [0.5, 0.6) is 0 Å². The first-order valence-electron chi connectivity index (χ1n) is 9.05. The quantitative estimate of drug-likeness (QED) is 0.607. The molecule has 0 aliphatic heterocycles. The highest BCUT2D eigenvalue weighted by Gasteiger charge is 2.33. The third-order valence-corrected chi connectivity index (χ3v) is 5.08. The predicted molar refractivity (Wildman–Crippen MR) is 106 cm³/mol. The fourth-order valence-corrected chi connectivity index (χ4v) is 3.54. The maximum atomic E-state index is 13.2. The Morgan fingerprint density at radius 3 is 2.67 bits per heavy atom. The van der Waals surface area contributed by atoms with E-state index in [2.05, 4.69) is 10.4 Å². The highest BCUT2D eigenvalue weighted by Crippen LogP contribution is 2.33. The predicted octanol–water partition coefficient (Wildman–Crippen LogP) is 3.96. The van der Waals surface area contributed by atoms with Crippen LogP contribution in [0.3, 0.4) is 0 Å². The summed E-state index contributed by atoms with van der Waals surface area (Å²) in [6.07, 6.45) is -1.69. The minimum atomic E-state index is -4.49. The maximum Gasteiger partial charge on any atom is 0.416 e. The SMILES string of the molecule is Cc1c(-c2c(Cl)cnn2C)coc1C(=O)N[C@H](CN)Cc1ccccc1C(F)(F)F. The normalized spacial score (nSPS) is 12.8. The van der Waals surface area contributed by atoms with E-state index in [0.29, 0.717) is 21.8 Å². The van der Waals surface area contributed by atoms with Crippen molar-refractivity contribution in [1.29, 1.82) is 0 Å². The zero-order valence-electron chi connectivity index (χ0n) is 16.3. The summed E-state index contributed by atoms with van der Waals surface area (Å²) in [5.41, 5.74) is 6.73. The monoisotopic (exact) mass is 440 g/mol. The molecule has 0 radical (unpaired) electrons. The van der Waals surface area contributed by atoms with Gasteiger partial charge in [0.05, 0.1) is 22.5 Å². The van der Waals surface area contributed by atoms with Gasteiger partial charge in [0.1, 0.15) is 6.26 Å². The van der Waals surface area contributed by atoms with Crippen molar-refractivity contribution in [3.8, 4) is 11.3 Å². The molecular formula is C20H20ClF3N4O2. The Kier molecular flexibility index (Phi) is 6.23. The van der Waals surface area contributed by atoms with Crippen LogP contribution in [0.1, 0.15) is 27.2 Å². The zero-order chi connectivity index (χ0) is 22.1. The molecule has 160 valence electrons. The molecule has 3 aromatic rings. The zero-order valence-corrected chi connectivity index (χ0v) is 17.0. The van der Waals surface area contributed by atoms with Gasteiger partial charge in [0.15, 0.2) is 5.76 Å². The number of alkyl halides is 3. The van der Waals surface area contributed by atoms with Crippen LogP contribution in [0, 0.1) is 6.92 Å². The van der Waals surface area contributed by atoms with Crippen LogP contribution in [0.2, 0.25) is 5.02 Å². The number of halogens is 4. The van der Waals surface area contributed by atoms with Crippen LogP contribution in [-0.2, 0) is 19.6 Å². The molecule has 1 atom stereocenters. The topological polar surface area (TPSA) is 86.1 Å². The molecule has 0 aliphatic carbocycles. The molecule has 0 saturated heterocycles. The Morgan fingerprint density at radius 1 is 1.37 bits per heavy atom. The first kappa shape index (κ1) is 21.9. The molecule has 6 nitrogen and oxygen atoms in total. The Balaban J connectivity index is 1.81. The summed E-state index contributed by atoms with van der Waals surface area (Å²) in [5.74, 6) is -0.540. The Hall–Kier alpha value is -2.78. The van der Waals surface area contributed by atoms with Crippen molar-refractivity contribution in [3.05, 3.63) is 64.2 Å². The van der Waals surface area contributed by atoms with Crippen molar-refractivity contribution < 1.29 is 22.4 Å². The number of nitrogens with zero attached hydrogens (tertiary/aromatic N) is 2. The van der Waals surface area contributed by atoms with Crippen LogP contribution < -0.4 is 11.1 Å². The van der Waals surface area contributed by atoms with Crippen molar-refractivity contribution in [2.45, 2.75) is 25.6 Å². The molecule has 30 heavy (non-hydrogen) atoms. The standard InChI is InChI=1S/C20H20ClF3N4O2/c1-11-14(17-16(21)9-26-28(17)2)10-30-18(11)19(29)27-13(8-25)7-12-5-3-4-6-15(12)20(22,23)24/h3-6,9-10,13H,7-8,25H2,1-2H3,(H,27,29)/t13-/m0/s1. The number of nitrogens with one attached hydrogen (secondary N) is 1. The van der Waals surface area contributed by atoms with Crippen molar-refractivity contribution in [2.75, 3.05) is 6.54 Å². The largest absolute Gasteiger partial charge is 0.458 e. The lowest BCUT2D eigenvalue weighted by Crippen LogP contribution is -2.42. The average Bonchev–Trinajstić information content (AvgIpc) is 3.22. The molecule has 2 aromatic heterocycles. The molecule has 1 aromatic carbocycles. The molecule has 0 saturated carbocycles. The highest BCUT2D eigenvalue weighted by molar-refractivity contribution is 6.33. The van der Waals surface area contributed by atoms with E-state index in [9.17, 15) is 18.0 Å². The van der Waals surface area contributed by atoms with Gasteiger partial charge in [-0.1, -0.05) is 29.8 Å². The fourth-order valence-electron chi connectivity index (χ4n) is 3.27. The number of aryl methyl sites for hydroxylation is 1. The van der Waals surface area contributed by atoms with Crippen LogP contribution in [0.15, 0.2) is 41.1 Å². The Bertz CT molecular complexity index is 1040. The van der Waals surface area contributed by atoms with Gasteiger partial charge in [-0.2, -0.15) is 18.3 Å². The van der Waals surface area contributed by atoms with Gasteiger partial charge >= 0.3 is 6.18 Å². The molecule has 0 bridgehead atoms. The number of nitrogens with two attached hydrogens (primary N) is 1. The summed E-state index contributed by atoms with van der Waals surface area (Å²) in [5, 5.41) is 7.12. The number of hydrogen-bond acceptors (Lipinski definition) is 4. The van der Waals surface area contributed by atoms with Crippen molar-refractivity contribution in [2.24, 2.45) is 12.8 Å². The third-order valence-electron chi connectivity index (χ3n) is 4.80. The molecule has 0 fully saturated rings. The van der Waals surface area contributed by atoms with E-state index in [1.54, 1.807) is 18.7 Å². The number of aromatic nitrogens is 2. The number of amides is 1. The van der Waals surface area contributed by atoms with Crippen molar-refractivity contribution in [3.63, 3.8) is 0 Å². The fraction of sp³-hybridized carbons (Fsp3) is 0.300. The molecule has 0 aliphatic rings. The van der Waals surface area contributed by atoms with Gasteiger partial charge in [0.2, 0.25) is 0 Å². The lowest BCUT2D eigenvalue weighted by atomic mass is 9.99. The molecular weight excluding hydrogens is 421 g/mol. The summed E-state index contributed by atoms with van der Waals surface area (Å²) in [4.78, 5) is 12.7. The van der Waals surface area contributed by atoms with E-state index in [-0.39, 0.29) is 24.3 Å². The summed E-state index contributed by atoms with van der Waals surface area (Å²) >= 11 is 6.16. The average molecular weight is 441 g/mol. The lowest BCUT2D eigenvalue weighted by Gasteiger charge is -2.19. The molecule has 1 amide bonds. The molecule has 10 heteroatoms. The first-order chi connectivity index (χ1) is 14.1. The second kappa shape index (κ2) is 8.53. The first-order valence-corrected chi connectivity index (χ1v) is 9.43. The minimum Gasteiger partial charge on any atom is -0.458 e. The second-order valence-electron chi connectivity index (χ2n) is 6.83. The van der Waals surface area contributed by atoms with E-state index < -0.39 is 23.7 Å². The number of carbonyl (C=O) groups is 1. The van der Waals surface area contributed by atoms with Gasteiger partial charge in [0, 0.05) is 30.8 Å². The summed E-state index contributed by atoms with van der Waals surface area (Å²) in [7, 11) is 1.70. The number of hydrogen-bond donors (Lipinski definition) is 2. The van der Waals surface area contributed by atoms with E-state index in [0.717, 1.165) is 6.07 Å². The van der Waals surface area contributed by atoms with Crippen LogP contribution in [-0.4, -0.2) is 28.3 Å². The summed E-state index contributed by atoms with van der Waals surface area (Å²) in [6, 6.07) is 4.50. The number of furan rings is 1. The molecule has 3 rings (SSSR count). The van der Waals surface area contributed by atoms with Crippen molar-refractivity contribution >= 4 is 17.5 Å². The smallest absolute Gasteiger partial charge is 0.416 e. The Labute approximate surface area is 175 Å². The minimum absolute atomic E-state index is 0.0322. The van der Waals surface area contributed by atoms with Gasteiger partial charge in [-0.15, -0.1) is 0 Å². The lowest BCUT2D eigenvalue weighted by molar-refractivity contribution is -0.138. The van der Waals surface area contributed by atoms with E-state index in [4.69, 9.17) is 21.8 Å². The molecule has 3 N–H and O–H groups in total. The Morgan fingerprint density at radius 2 is 2.07 bits per heavy atom. The van der Waals surface area contributed by atoms with Crippen LogP contribution in [0.25, 0.3) is 11.3 Å². The number of benzene rings is 1. The molecule has 2 heterocycles. The van der Waals surface area contributed by atoms with E-state index in [1.807, 2.05) is 0 Å². The second-order valence-corrected chi connectivity index (χ2v) is 7.24. The van der Waals surface area contributed by atoms with E-state index in [1.165, 1.54) is 30.7 Å². The van der Waals surface area contributed by atoms with Gasteiger partial charge in [0.25, 0.3) is 5.91 Å². The molecule has 0 unspecified atom stereocenters. The maximum absolute atomic E-state index is 13.2. The van der Waals surface area contributed by atoms with Gasteiger partial charge < -0.3 is 15.5 Å². The van der Waals surface area contributed by atoms with Gasteiger partial charge in [-0.05, 0) is 25.0 Å². The van der Waals surface area contributed by atoms with Gasteiger partial charge in [-0.3, -0.25) is 9.48 Å².